The topological polar surface area (TPSA) is 62.1 Å². The van der Waals surface area contributed by atoms with Crippen molar-refractivity contribution in [3.05, 3.63) is 0 Å². The van der Waals surface area contributed by atoms with E-state index >= 15 is 0 Å². The number of carbonyl (C=O) groups excluding carboxylic acids is 1. The quantitative estimate of drug-likeness (QED) is 0.447. The molecule has 0 aromatic heterocycles. The molecule has 1 aliphatic rings. The van der Waals surface area contributed by atoms with Gasteiger partial charge in [-0.05, 0) is 0 Å². The van der Waals surface area contributed by atoms with Crippen molar-refractivity contribution in [3.63, 3.8) is 0 Å². The number of hydrogen-bond acceptors (Lipinski definition) is 4. The number of ether oxygens (including phenoxy) is 1. The summed E-state index contributed by atoms with van der Waals surface area (Å²) in [6, 6.07) is 1.81. The van der Waals surface area contributed by atoms with E-state index in [2.05, 4.69) is 5.32 Å². The Kier molecular flexibility index (Phi) is 6.62. The molecular formula is C7H11N2NaO2. The number of ketones is 1. The Labute approximate surface area is 95.0 Å². The molecule has 62 valence electrons. The van der Waals surface area contributed by atoms with E-state index in [9.17, 15) is 4.79 Å². The molecule has 1 saturated heterocycles. The molecule has 0 saturated carbocycles. The minimum Gasteiger partial charge on any atom is -1.00 e. The minimum absolute atomic E-state index is 0. The Balaban J connectivity index is 0. The molecule has 1 N–H and O–H groups in total. The van der Waals surface area contributed by atoms with Gasteiger partial charge in [0.05, 0.1) is 19.1 Å². The first-order valence-corrected chi connectivity index (χ1v) is 3.56. The number of nitrogens with zero attached hydrogens (tertiary/aromatic N) is 1. The van der Waals surface area contributed by atoms with Crippen LogP contribution in [-0.2, 0) is 9.53 Å². The van der Waals surface area contributed by atoms with E-state index in [1.807, 2.05) is 6.07 Å². The maximum atomic E-state index is 11.0. The van der Waals surface area contributed by atoms with Crippen molar-refractivity contribution in [1.82, 2.24) is 5.32 Å². The van der Waals surface area contributed by atoms with Gasteiger partial charge in [-0.25, -0.2) is 0 Å². The third-order valence-corrected chi connectivity index (χ3v) is 1.54. The number of hydrogen-bond donors (Lipinski definition) is 1. The van der Waals surface area contributed by atoms with Crippen LogP contribution < -0.4 is 34.9 Å². The van der Waals surface area contributed by atoms with Crippen LogP contribution in [-0.4, -0.2) is 31.6 Å². The number of carbonyl (C=O) groups is 1. The van der Waals surface area contributed by atoms with Crippen molar-refractivity contribution in [2.24, 2.45) is 0 Å². The van der Waals surface area contributed by atoms with Crippen molar-refractivity contribution in [1.29, 1.82) is 5.26 Å². The molecule has 0 amide bonds. The molecule has 1 heterocycles. The summed E-state index contributed by atoms with van der Waals surface area (Å²) < 4.78 is 5.13. The number of nitrogens with one attached hydrogen (secondary N) is 1. The summed E-state index contributed by atoms with van der Waals surface area (Å²) in [7, 11) is 0. The first-order chi connectivity index (χ1) is 5.34. The SMILES string of the molecule is N#CCC(=O)C1CNCCO1.[H-].[Na+]. The summed E-state index contributed by atoms with van der Waals surface area (Å²) in [5.74, 6) is -0.125. The molecule has 0 bridgehead atoms. The van der Waals surface area contributed by atoms with Gasteiger partial charge in [-0.3, -0.25) is 4.79 Å². The van der Waals surface area contributed by atoms with Gasteiger partial charge in [0.2, 0.25) is 0 Å². The molecule has 0 aliphatic carbocycles. The van der Waals surface area contributed by atoms with Gasteiger partial charge >= 0.3 is 29.6 Å². The predicted molar refractivity (Wildman–Crippen MR) is 39.0 cm³/mol. The largest absolute Gasteiger partial charge is 1.00 e. The van der Waals surface area contributed by atoms with Crippen LogP contribution in [0, 0.1) is 11.3 Å². The average molecular weight is 178 g/mol. The molecule has 0 aromatic rings. The summed E-state index contributed by atoms with van der Waals surface area (Å²) in [6.07, 6.45) is -0.449. The zero-order chi connectivity index (χ0) is 8.10. The van der Waals surface area contributed by atoms with Crippen molar-refractivity contribution in [2.45, 2.75) is 12.5 Å². The zero-order valence-electron chi connectivity index (χ0n) is 8.17. The van der Waals surface area contributed by atoms with E-state index in [1.165, 1.54) is 0 Å². The Morgan fingerprint density at radius 3 is 3.08 bits per heavy atom. The van der Waals surface area contributed by atoms with Gasteiger partial charge < -0.3 is 11.5 Å². The molecule has 1 atom stereocenters. The standard InChI is InChI=1S/C7H10N2O2.Na.H/c8-2-1-6(10)7-5-9-3-4-11-7;;/h7,9H,1,3-5H2;;/q;+1;-1. The van der Waals surface area contributed by atoms with Gasteiger partial charge in [-0.1, -0.05) is 0 Å². The van der Waals surface area contributed by atoms with Crippen LogP contribution in [0.2, 0.25) is 0 Å². The van der Waals surface area contributed by atoms with E-state index in [0.29, 0.717) is 13.2 Å². The second-order valence-corrected chi connectivity index (χ2v) is 2.36. The van der Waals surface area contributed by atoms with Crippen LogP contribution in [0.15, 0.2) is 0 Å². The Morgan fingerprint density at radius 2 is 2.58 bits per heavy atom. The molecule has 1 rings (SSSR count). The monoisotopic (exact) mass is 178 g/mol. The van der Waals surface area contributed by atoms with E-state index in [1.54, 1.807) is 0 Å². The molecular weight excluding hydrogens is 167 g/mol. The fourth-order valence-corrected chi connectivity index (χ4v) is 0.964. The summed E-state index contributed by atoms with van der Waals surface area (Å²) in [6.45, 7) is 1.89. The van der Waals surface area contributed by atoms with Crippen LogP contribution in [0.4, 0.5) is 0 Å². The molecule has 1 fully saturated rings. The van der Waals surface area contributed by atoms with Gasteiger partial charge in [-0.15, -0.1) is 0 Å². The Hall–Kier alpha value is 0.0800. The fourth-order valence-electron chi connectivity index (χ4n) is 0.964. The first kappa shape index (κ1) is 12.1. The number of nitriles is 1. The zero-order valence-corrected chi connectivity index (χ0v) is 9.17. The van der Waals surface area contributed by atoms with Crippen molar-refractivity contribution < 1.29 is 40.5 Å². The summed E-state index contributed by atoms with van der Waals surface area (Å²) in [4.78, 5) is 11.0. The molecule has 0 spiro atoms. The van der Waals surface area contributed by atoms with Crippen LogP contribution in [0.1, 0.15) is 7.85 Å². The smallest absolute Gasteiger partial charge is 1.00 e. The third-order valence-electron chi connectivity index (χ3n) is 1.54. The summed E-state index contributed by atoms with van der Waals surface area (Å²) >= 11 is 0. The molecule has 1 aliphatic heterocycles. The maximum absolute atomic E-state index is 11.0. The molecule has 12 heavy (non-hydrogen) atoms. The normalized spacial score (nSPS) is 22.1. The van der Waals surface area contributed by atoms with Gasteiger partial charge in [0.15, 0.2) is 5.78 Å². The van der Waals surface area contributed by atoms with Crippen LogP contribution in [0.25, 0.3) is 0 Å². The van der Waals surface area contributed by atoms with Crippen molar-refractivity contribution >= 4 is 5.78 Å². The Bertz CT molecular complexity index is 189. The summed E-state index contributed by atoms with van der Waals surface area (Å²) in [5.41, 5.74) is 0. The molecule has 4 nitrogen and oxygen atoms in total. The summed E-state index contributed by atoms with van der Waals surface area (Å²) in [5, 5.41) is 11.2. The predicted octanol–water partition coefficient (Wildman–Crippen LogP) is -3.43. The molecule has 1 unspecified atom stereocenters. The van der Waals surface area contributed by atoms with Crippen molar-refractivity contribution in [2.75, 3.05) is 19.7 Å². The Morgan fingerprint density at radius 1 is 1.83 bits per heavy atom. The van der Waals surface area contributed by atoms with E-state index in [-0.39, 0.29) is 43.2 Å². The van der Waals surface area contributed by atoms with E-state index < -0.39 is 6.10 Å². The first-order valence-electron chi connectivity index (χ1n) is 3.56. The van der Waals surface area contributed by atoms with Crippen LogP contribution in [0.3, 0.4) is 0 Å². The second-order valence-electron chi connectivity index (χ2n) is 2.36. The minimum atomic E-state index is -0.400. The van der Waals surface area contributed by atoms with Gasteiger partial charge in [0, 0.05) is 13.1 Å². The number of rotatable bonds is 2. The van der Waals surface area contributed by atoms with Crippen LogP contribution >= 0.6 is 0 Å². The fraction of sp³-hybridized carbons (Fsp3) is 0.714. The van der Waals surface area contributed by atoms with Crippen molar-refractivity contribution in [3.8, 4) is 6.07 Å². The second kappa shape index (κ2) is 6.58. The molecule has 5 heteroatoms. The molecule has 0 aromatic carbocycles. The maximum Gasteiger partial charge on any atom is 1.00 e. The molecule has 0 radical (unpaired) electrons. The van der Waals surface area contributed by atoms with Gasteiger partial charge in [-0.2, -0.15) is 5.26 Å². The third kappa shape index (κ3) is 3.65. The van der Waals surface area contributed by atoms with Crippen LogP contribution in [0.5, 0.6) is 0 Å². The number of morpholine rings is 1. The van der Waals surface area contributed by atoms with E-state index in [0.717, 1.165) is 6.54 Å². The average Bonchev–Trinajstić information content (AvgIpc) is 2.07. The number of Topliss-reactive ketones (excluding diaryl/α,β-unsaturated/α-hetero) is 1. The van der Waals surface area contributed by atoms with Gasteiger partial charge in [0.25, 0.3) is 0 Å². The van der Waals surface area contributed by atoms with E-state index in [4.69, 9.17) is 10.00 Å². The van der Waals surface area contributed by atoms with Gasteiger partial charge in [0.1, 0.15) is 6.10 Å².